The molecule has 0 aliphatic rings. The molecule has 2 aromatic carbocycles. The van der Waals surface area contributed by atoms with Crippen LogP contribution in [-0.2, 0) is 40.3 Å². The minimum absolute atomic E-state index is 0.168. The SMILES string of the molecule is COCOc1ccc(N(C(=O)OC(C)(C)C)c2ccc(F)cc2)cc1C(CC(=O)CC(=O)OC)(NS(=O)C(C)(C)C)c1ccsc1. The lowest BCUT2D eigenvalue weighted by Gasteiger charge is -2.38. The summed E-state index contributed by atoms with van der Waals surface area (Å²) in [5, 5.41) is 3.61. The van der Waals surface area contributed by atoms with Gasteiger partial charge in [-0.25, -0.2) is 23.0 Å². The third-order valence-electron chi connectivity index (χ3n) is 6.54. The minimum Gasteiger partial charge on any atom is -0.469 e. The second-order valence-corrected chi connectivity index (χ2v) is 15.1. The first-order chi connectivity index (χ1) is 21.5. The molecular formula is C33H41FN2O8S2. The van der Waals surface area contributed by atoms with E-state index in [1.807, 2.05) is 5.38 Å². The third-order valence-corrected chi connectivity index (χ3v) is 8.87. The van der Waals surface area contributed by atoms with Crippen molar-refractivity contribution < 1.29 is 41.9 Å². The van der Waals surface area contributed by atoms with Crippen molar-refractivity contribution in [2.45, 2.75) is 70.3 Å². The molecule has 0 radical (unpaired) electrons. The normalized spacial score (nSPS) is 13.8. The Morgan fingerprint density at radius 2 is 1.61 bits per heavy atom. The molecule has 250 valence electrons. The van der Waals surface area contributed by atoms with E-state index in [4.69, 9.17) is 18.9 Å². The molecule has 0 aliphatic carbocycles. The van der Waals surface area contributed by atoms with Crippen molar-refractivity contribution in [2.24, 2.45) is 0 Å². The summed E-state index contributed by atoms with van der Waals surface area (Å²) in [7, 11) is 0.878. The molecule has 2 unspecified atom stereocenters. The Morgan fingerprint density at radius 3 is 2.15 bits per heavy atom. The van der Waals surface area contributed by atoms with Gasteiger partial charge in [0, 0.05) is 19.1 Å². The van der Waals surface area contributed by atoms with Crippen LogP contribution in [0, 0.1) is 5.82 Å². The number of hydrogen-bond acceptors (Lipinski definition) is 9. The van der Waals surface area contributed by atoms with Gasteiger partial charge in [0.25, 0.3) is 0 Å². The van der Waals surface area contributed by atoms with Gasteiger partial charge in [0.1, 0.15) is 29.4 Å². The lowest BCUT2D eigenvalue weighted by atomic mass is 9.79. The first-order valence-corrected chi connectivity index (χ1v) is 16.5. The lowest BCUT2D eigenvalue weighted by molar-refractivity contribution is -0.143. The highest BCUT2D eigenvalue weighted by Gasteiger charge is 2.43. The number of carbonyl (C=O) groups is 3. The van der Waals surface area contributed by atoms with Crippen LogP contribution in [0.25, 0.3) is 0 Å². The highest BCUT2D eigenvalue weighted by Crippen LogP contribution is 2.44. The quantitative estimate of drug-likeness (QED) is 0.120. The van der Waals surface area contributed by atoms with E-state index in [-0.39, 0.29) is 24.7 Å². The maximum absolute atomic E-state index is 14.0. The van der Waals surface area contributed by atoms with Crippen LogP contribution in [0.1, 0.15) is 65.5 Å². The molecule has 0 aliphatic heterocycles. The number of carbonyl (C=O) groups excluding carboxylic acids is 3. The number of Topliss-reactive ketones (excluding diaryl/α,β-unsaturated/α-hetero) is 1. The number of halogens is 1. The van der Waals surface area contributed by atoms with Gasteiger partial charge in [-0.1, -0.05) is 0 Å². The summed E-state index contributed by atoms with van der Waals surface area (Å²) in [4.78, 5) is 40.7. The van der Waals surface area contributed by atoms with Gasteiger partial charge < -0.3 is 18.9 Å². The van der Waals surface area contributed by atoms with E-state index >= 15 is 0 Å². The van der Waals surface area contributed by atoms with Gasteiger partial charge in [0.2, 0.25) is 0 Å². The molecule has 10 nitrogen and oxygen atoms in total. The second-order valence-electron chi connectivity index (χ2n) is 12.4. The van der Waals surface area contributed by atoms with Crippen molar-refractivity contribution in [3.8, 4) is 5.75 Å². The number of hydrogen-bond donors (Lipinski definition) is 1. The molecular weight excluding hydrogens is 636 g/mol. The maximum atomic E-state index is 14.0. The third kappa shape index (κ3) is 9.44. The van der Waals surface area contributed by atoms with Gasteiger partial charge in [-0.15, -0.1) is 0 Å². The van der Waals surface area contributed by atoms with Crippen LogP contribution in [0.5, 0.6) is 5.75 Å². The van der Waals surface area contributed by atoms with Crippen LogP contribution in [0.4, 0.5) is 20.6 Å². The standard InChI is InChI=1S/C33H41FN2O8S2/c1-31(2,3)44-30(39)36(24-11-9-23(34)10-12-24)25-13-14-28(43-21-41-7)27(17-25)33(22-15-16-45-20-22,35-46(40)32(4,5)6)19-26(37)18-29(38)42-8/h9-17,20,35H,18-19,21H2,1-8H3. The Kier molecular flexibility index (Phi) is 12.2. The van der Waals surface area contributed by atoms with Crippen LogP contribution < -0.4 is 14.4 Å². The van der Waals surface area contributed by atoms with Crippen molar-refractivity contribution >= 4 is 51.5 Å². The summed E-state index contributed by atoms with van der Waals surface area (Å²) >= 11 is 1.36. The molecule has 2 atom stereocenters. The number of ketones is 1. The van der Waals surface area contributed by atoms with Gasteiger partial charge in [0.15, 0.2) is 6.79 Å². The fourth-order valence-electron chi connectivity index (χ4n) is 4.41. The Balaban J connectivity index is 2.40. The minimum atomic E-state index is -1.76. The number of amides is 1. The molecule has 1 aromatic heterocycles. The predicted molar refractivity (Wildman–Crippen MR) is 176 cm³/mol. The van der Waals surface area contributed by atoms with E-state index in [1.54, 1.807) is 71.2 Å². The Morgan fingerprint density at radius 1 is 0.957 bits per heavy atom. The molecule has 0 bridgehead atoms. The highest BCUT2D eigenvalue weighted by molar-refractivity contribution is 7.84. The van der Waals surface area contributed by atoms with E-state index in [2.05, 4.69) is 4.72 Å². The zero-order valence-corrected chi connectivity index (χ0v) is 28.9. The predicted octanol–water partition coefficient (Wildman–Crippen LogP) is 6.76. The number of nitrogens with one attached hydrogen (secondary N) is 1. The zero-order chi connectivity index (χ0) is 34.3. The number of esters is 1. The monoisotopic (exact) mass is 676 g/mol. The molecule has 46 heavy (non-hydrogen) atoms. The van der Waals surface area contributed by atoms with Gasteiger partial charge in [-0.3, -0.25) is 9.59 Å². The van der Waals surface area contributed by atoms with E-state index in [0.717, 1.165) is 0 Å². The molecule has 1 N–H and O–H groups in total. The number of nitrogens with zero attached hydrogens (tertiary/aromatic N) is 1. The highest BCUT2D eigenvalue weighted by atomic mass is 32.2. The van der Waals surface area contributed by atoms with Crippen LogP contribution in [0.15, 0.2) is 59.3 Å². The molecule has 3 rings (SSSR count). The Hall–Kier alpha value is -3.65. The number of rotatable bonds is 13. The van der Waals surface area contributed by atoms with E-state index in [0.29, 0.717) is 16.8 Å². The number of anilines is 2. The van der Waals surface area contributed by atoms with Gasteiger partial charge >= 0.3 is 12.1 Å². The second kappa shape index (κ2) is 15.3. The maximum Gasteiger partial charge on any atom is 0.419 e. The van der Waals surface area contributed by atoms with Crippen molar-refractivity contribution in [2.75, 3.05) is 25.9 Å². The van der Waals surface area contributed by atoms with Gasteiger partial charge in [-0.05, 0) is 106 Å². The molecule has 0 fully saturated rings. The average Bonchev–Trinajstić information content (AvgIpc) is 3.51. The summed E-state index contributed by atoms with van der Waals surface area (Å²) in [6, 6.07) is 11.9. The molecule has 0 saturated heterocycles. The summed E-state index contributed by atoms with van der Waals surface area (Å²) in [5.74, 6) is -1.46. The van der Waals surface area contributed by atoms with Crippen LogP contribution in [0.3, 0.4) is 0 Å². The first kappa shape index (κ1) is 36.8. The van der Waals surface area contributed by atoms with Crippen molar-refractivity contribution in [1.82, 2.24) is 4.72 Å². The number of ether oxygens (including phenoxy) is 4. The molecule has 13 heteroatoms. The largest absolute Gasteiger partial charge is 0.469 e. The smallest absolute Gasteiger partial charge is 0.419 e. The van der Waals surface area contributed by atoms with E-state index in [1.165, 1.54) is 54.7 Å². The number of thiophene rings is 1. The number of benzene rings is 2. The van der Waals surface area contributed by atoms with Gasteiger partial charge in [0.05, 0.1) is 39.8 Å². The van der Waals surface area contributed by atoms with E-state index in [9.17, 15) is 23.0 Å². The number of methoxy groups -OCH3 is 2. The molecule has 0 saturated carbocycles. The van der Waals surface area contributed by atoms with Crippen LogP contribution >= 0.6 is 11.3 Å². The fraction of sp³-hybridized carbons (Fsp3) is 0.424. The van der Waals surface area contributed by atoms with E-state index < -0.39 is 57.0 Å². The Labute approximate surface area is 275 Å². The Bertz CT molecular complexity index is 1530. The summed E-state index contributed by atoms with van der Waals surface area (Å²) in [5.41, 5.74) is -0.924. The molecule has 0 spiro atoms. The average molecular weight is 677 g/mol. The van der Waals surface area contributed by atoms with Crippen LogP contribution in [0.2, 0.25) is 0 Å². The van der Waals surface area contributed by atoms with Crippen molar-refractivity contribution in [3.63, 3.8) is 0 Å². The molecule has 3 aromatic rings. The summed E-state index contributed by atoms with van der Waals surface area (Å²) in [6.45, 7) is 10.3. The topological polar surface area (TPSA) is 120 Å². The summed E-state index contributed by atoms with van der Waals surface area (Å²) in [6.07, 6.45) is -1.61. The molecule has 1 heterocycles. The first-order valence-electron chi connectivity index (χ1n) is 14.4. The fourth-order valence-corrected chi connectivity index (χ4v) is 6.06. The van der Waals surface area contributed by atoms with Crippen molar-refractivity contribution in [1.29, 1.82) is 0 Å². The van der Waals surface area contributed by atoms with Gasteiger partial charge in [-0.2, -0.15) is 11.3 Å². The zero-order valence-electron chi connectivity index (χ0n) is 27.3. The van der Waals surface area contributed by atoms with Crippen molar-refractivity contribution in [3.05, 3.63) is 76.2 Å². The lowest BCUT2D eigenvalue weighted by Crippen LogP contribution is -2.50. The molecule has 1 amide bonds. The summed E-state index contributed by atoms with van der Waals surface area (Å²) < 4.78 is 52.0. The van der Waals surface area contributed by atoms with Crippen LogP contribution in [-0.4, -0.2) is 53.4 Å².